The zero-order valence-electron chi connectivity index (χ0n) is 10.2. The number of aromatic nitrogens is 1. The van der Waals surface area contributed by atoms with Crippen molar-refractivity contribution in [3.05, 3.63) is 30.5 Å². The minimum Gasteiger partial charge on any atom is -0.397 e. The normalized spacial score (nSPS) is 19.2. The van der Waals surface area contributed by atoms with Crippen molar-refractivity contribution in [3.8, 4) is 0 Å². The summed E-state index contributed by atoms with van der Waals surface area (Å²) in [6.07, 6.45) is 3.15. The average molecular weight is 259 g/mol. The van der Waals surface area contributed by atoms with E-state index in [0.717, 1.165) is 34.7 Å². The van der Waals surface area contributed by atoms with Gasteiger partial charge in [-0.05, 0) is 36.0 Å². The lowest BCUT2D eigenvalue weighted by atomic mass is 10.1. The maximum atomic E-state index is 5.95. The van der Waals surface area contributed by atoms with Crippen molar-refractivity contribution in [2.45, 2.75) is 6.42 Å². The number of nitrogen functional groups attached to an aromatic ring is 1. The molecule has 1 aliphatic rings. The Hall–Kier alpha value is -1.42. The van der Waals surface area contributed by atoms with Crippen molar-refractivity contribution in [3.63, 3.8) is 0 Å². The third-order valence-corrected chi connectivity index (χ3v) is 4.64. The molecule has 0 radical (unpaired) electrons. The van der Waals surface area contributed by atoms with E-state index in [2.05, 4.69) is 28.1 Å². The smallest absolute Gasteiger partial charge is 0.0951 e. The molecule has 1 aromatic carbocycles. The van der Waals surface area contributed by atoms with Gasteiger partial charge >= 0.3 is 0 Å². The topological polar surface area (TPSA) is 50.9 Å². The number of hydrogen-bond donors (Lipinski definition) is 2. The average Bonchev–Trinajstić information content (AvgIpc) is 2.90. The summed E-state index contributed by atoms with van der Waals surface area (Å²) in [5.74, 6) is 3.37. The Labute approximate surface area is 111 Å². The summed E-state index contributed by atoms with van der Waals surface area (Å²) < 4.78 is 0. The highest BCUT2D eigenvalue weighted by atomic mass is 32.2. The molecular formula is C14H17N3S. The summed E-state index contributed by atoms with van der Waals surface area (Å²) in [7, 11) is 0. The second kappa shape index (κ2) is 5.06. The molecular weight excluding hydrogens is 242 g/mol. The lowest BCUT2D eigenvalue weighted by Gasteiger charge is -2.13. The number of nitrogens with zero attached hydrogens (tertiary/aromatic N) is 1. The van der Waals surface area contributed by atoms with Gasteiger partial charge in [0.25, 0.3) is 0 Å². The fourth-order valence-electron chi connectivity index (χ4n) is 2.35. The van der Waals surface area contributed by atoms with Crippen LogP contribution in [0.5, 0.6) is 0 Å². The molecule has 94 valence electrons. The molecule has 1 fully saturated rings. The van der Waals surface area contributed by atoms with Gasteiger partial charge in [-0.3, -0.25) is 4.98 Å². The Balaban J connectivity index is 1.85. The fourth-order valence-corrected chi connectivity index (χ4v) is 3.64. The number of nitrogens with one attached hydrogen (secondary N) is 1. The van der Waals surface area contributed by atoms with E-state index in [1.54, 1.807) is 0 Å². The fraction of sp³-hybridized carbons (Fsp3) is 0.357. The van der Waals surface area contributed by atoms with Crippen molar-refractivity contribution in [1.82, 2.24) is 4.98 Å². The zero-order valence-corrected chi connectivity index (χ0v) is 11.0. The molecule has 1 unspecified atom stereocenters. The van der Waals surface area contributed by atoms with Gasteiger partial charge in [0.05, 0.1) is 11.2 Å². The first-order valence-electron chi connectivity index (χ1n) is 6.29. The molecule has 0 saturated carbocycles. The van der Waals surface area contributed by atoms with Crippen molar-refractivity contribution in [2.75, 3.05) is 29.1 Å². The number of fused-ring (bicyclic) bond motifs is 1. The van der Waals surface area contributed by atoms with Gasteiger partial charge in [-0.15, -0.1) is 0 Å². The number of rotatable bonds is 3. The lowest BCUT2D eigenvalue weighted by molar-refractivity contribution is 0.632. The molecule has 3 rings (SSSR count). The van der Waals surface area contributed by atoms with Gasteiger partial charge in [0.15, 0.2) is 0 Å². The molecule has 0 amide bonds. The molecule has 4 heteroatoms. The van der Waals surface area contributed by atoms with Crippen LogP contribution >= 0.6 is 11.8 Å². The summed E-state index contributed by atoms with van der Waals surface area (Å²) in [5, 5.41) is 4.66. The van der Waals surface area contributed by atoms with E-state index in [-0.39, 0.29) is 0 Å². The van der Waals surface area contributed by atoms with Crippen molar-refractivity contribution >= 4 is 34.0 Å². The van der Waals surface area contributed by atoms with E-state index in [1.807, 2.05) is 24.4 Å². The number of hydrogen-bond acceptors (Lipinski definition) is 4. The lowest BCUT2D eigenvalue weighted by Crippen LogP contribution is -2.13. The Morgan fingerprint density at radius 3 is 3.17 bits per heavy atom. The first kappa shape index (κ1) is 11.7. The number of thioether (sulfide) groups is 1. The number of pyridine rings is 1. The van der Waals surface area contributed by atoms with Crippen LogP contribution in [0.4, 0.5) is 11.4 Å². The highest BCUT2D eigenvalue weighted by molar-refractivity contribution is 7.99. The quantitative estimate of drug-likeness (QED) is 0.832. The second-order valence-electron chi connectivity index (χ2n) is 4.71. The van der Waals surface area contributed by atoms with Gasteiger partial charge in [-0.1, -0.05) is 12.1 Å². The summed E-state index contributed by atoms with van der Waals surface area (Å²) in [4.78, 5) is 4.35. The van der Waals surface area contributed by atoms with E-state index >= 15 is 0 Å². The SMILES string of the molecule is Nc1cccc2c(NCC3CCSC3)ccnc12. The van der Waals surface area contributed by atoms with Crippen molar-refractivity contribution in [1.29, 1.82) is 0 Å². The van der Waals surface area contributed by atoms with Crippen molar-refractivity contribution in [2.24, 2.45) is 5.92 Å². The van der Waals surface area contributed by atoms with Gasteiger partial charge in [-0.25, -0.2) is 0 Å². The molecule has 18 heavy (non-hydrogen) atoms. The van der Waals surface area contributed by atoms with E-state index in [1.165, 1.54) is 17.9 Å². The molecule has 3 nitrogen and oxygen atoms in total. The van der Waals surface area contributed by atoms with E-state index in [0.29, 0.717) is 0 Å². The van der Waals surface area contributed by atoms with Crippen LogP contribution in [0.2, 0.25) is 0 Å². The minimum absolute atomic E-state index is 0.743. The Morgan fingerprint density at radius 1 is 1.39 bits per heavy atom. The minimum atomic E-state index is 0.743. The number of para-hydroxylation sites is 1. The number of nitrogens with two attached hydrogens (primary N) is 1. The highest BCUT2D eigenvalue weighted by Gasteiger charge is 2.15. The van der Waals surface area contributed by atoms with E-state index < -0.39 is 0 Å². The zero-order chi connectivity index (χ0) is 12.4. The highest BCUT2D eigenvalue weighted by Crippen LogP contribution is 2.27. The summed E-state index contributed by atoms with van der Waals surface area (Å²) in [6.45, 7) is 1.04. The van der Waals surface area contributed by atoms with E-state index in [9.17, 15) is 0 Å². The summed E-state index contributed by atoms with van der Waals surface area (Å²) >= 11 is 2.05. The van der Waals surface area contributed by atoms with Gasteiger partial charge in [-0.2, -0.15) is 11.8 Å². The van der Waals surface area contributed by atoms with Crippen LogP contribution < -0.4 is 11.1 Å². The molecule has 3 N–H and O–H groups in total. The first-order chi connectivity index (χ1) is 8.84. The Morgan fingerprint density at radius 2 is 2.33 bits per heavy atom. The van der Waals surface area contributed by atoms with Gasteiger partial charge in [0.1, 0.15) is 0 Å². The largest absolute Gasteiger partial charge is 0.397 e. The Kier molecular flexibility index (Phi) is 3.28. The number of anilines is 2. The van der Waals surface area contributed by atoms with Crippen LogP contribution in [0, 0.1) is 5.92 Å². The monoisotopic (exact) mass is 259 g/mol. The van der Waals surface area contributed by atoms with Crippen molar-refractivity contribution < 1.29 is 0 Å². The molecule has 0 aliphatic carbocycles. The Bertz CT molecular complexity index is 550. The molecule has 2 heterocycles. The third-order valence-electron chi connectivity index (χ3n) is 3.41. The van der Waals surface area contributed by atoms with Gasteiger partial charge < -0.3 is 11.1 Å². The van der Waals surface area contributed by atoms with Crippen LogP contribution in [0.25, 0.3) is 10.9 Å². The van der Waals surface area contributed by atoms with Crippen LogP contribution in [-0.2, 0) is 0 Å². The molecule has 1 aliphatic heterocycles. The summed E-state index contributed by atoms with van der Waals surface area (Å²) in [6, 6.07) is 7.98. The number of benzene rings is 1. The van der Waals surface area contributed by atoms with Crippen LogP contribution in [-0.4, -0.2) is 23.0 Å². The maximum Gasteiger partial charge on any atom is 0.0951 e. The van der Waals surface area contributed by atoms with Gasteiger partial charge in [0.2, 0.25) is 0 Å². The molecule has 1 saturated heterocycles. The van der Waals surface area contributed by atoms with Crippen LogP contribution in [0.15, 0.2) is 30.5 Å². The molecule has 1 atom stereocenters. The molecule has 2 aromatic rings. The molecule has 0 spiro atoms. The van der Waals surface area contributed by atoms with Crippen LogP contribution in [0.3, 0.4) is 0 Å². The first-order valence-corrected chi connectivity index (χ1v) is 7.45. The maximum absolute atomic E-state index is 5.95. The third kappa shape index (κ3) is 2.25. The van der Waals surface area contributed by atoms with Gasteiger partial charge in [0, 0.05) is 23.8 Å². The van der Waals surface area contributed by atoms with Crippen LogP contribution in [0.1, 0.15) is 6.42 Å². The molecule has 1 aromatic heterocycles. The molecule has 0 bridgehead atoms. The van der Waals surface area contributed by atoms with E-state index in [4.69, 9.17) is 5.73 Å². The predicted molar refractivity (Wildman–Crippen MR) is 80.1 cm³/mol. The second-order valence-corrected chi connectivity index (χ2v) is 5.86. The standard InChI is InChI=1S/C14H17N3S/c15-12-3-1-2-11-13(4-6-16-14(11)12)17-8-10-5-7-18-9-10/h1-4,6,10H,5,7-9,15H2,(H,16,17). The predicted octanol–water partition coefficient (Wildman–Crippen LogP) is 2.98. The summed E-state index contributed by atoms with van der Waals surface area (Å²) in [5.41, 5.74) is 8.73.